The molecule has 0 radical (unpaired) electrons. The second-order valence-corrected chi connectivity index (χ2v) is 4.03. The summed E-state index contributed by atoms with van der Waals surface area (Å²) in [5, 5.41) is 7.67. The molecule has 0 unspecified atom stereocenters. The molecular weight excluding hydrogens is 192 g/mol. The lowest BCUT2D eigenvalue weighted by molar-refractivity contribution is 0.111. The van der Waals surface area contributed by atoms with Gasteiger partial charge in [-0.15, -0.1) is 5.10 Å². The highest BCUT2D eigenvalue weighted by molar-refractivity contribution is 5.70. The maximum atomic E-state index is 10.4. The second-order valence-electron chi connectivity index (χ2n) is 4.03. The molecule has 0 amide bonds. The Morgan fingerprint density at radius 1 is 1.67 bits per heavy atom. The van der Waals surface area contributed by atoms with Crippen LogP contribution in [0, 0.1) is 5.92 Å². The van der Waals surface area contributed by atoms with Gasteiger partial charge in [0.25, 0.3) is 0 Å². The zero-order valence-electron chi connectivity index (χ0n) is 8.96. The van der Waals surface area contributed by atoms with Crippen molar-refractivity contribution in [3.8, 4) is 0 Å². The average molecular weight is 208 g/mol. The molecule has 2 heterocycles. The van der Waals surface area contributed by atoms with Crippen LogP contribution in [0.3, 0.4) is 0 Å². The van der Waals surface area contributed by atoms with Crippen LogP contribution in [0.15, 0.2) is 6.20 Å². The quantitative estimate of drug-likeness (QED) is 0.673. The van der Waals surface area contributed by atoms with Gasteiger partial charge in [-0.1, -0.05) is 12.1 Å². The Balaban J connectivity index is 1.89. The number of likely N-dealkylation sites (tertiary alicyclic amines) is 1. The zero-order chi connectivity index (χ0) is 10.7. The van der Waals surface area contributed by atoms with Crippen molar-refractivity contribution in [2.45, 2.75) is 19.9 Å². The molecule has 1 fully saturated rings. The molecule has 0 bridgehead atoms. The molecule has 0 saturated carbocycles. The zero-order valence-corrected chi connectivity index (χ0v) is 8.96. The van der Waals surface area contributed by atoms with E-state index in [2.05, 4.69) is 22.1 Å². The van der Waals surface area contributed by atoms with Crippen LogP contribution in [-0.2, 0) is 6.54 Å². The third kappa shape index (κ3) is 2.41. The van der Waals surface area contributed by atoms with E-state index < -0.39 is 0 Å². The van der Waals surface area contributed by atoms with E-state index in [0.717, 1.165) is 25.9 Å². The second kappa shape index (κ2) is 4.53. The van der Waals surface area contributed by atoms with Gasteiger partial charge in [-0.25, -0.2) is 0 Å². The van der Waals surface area contributed by atoms with E-state index in [1.165, 1.54) is 13.0 Å². The molecule has 1 aromatic rings. The molecule has 0 N–H and O–H groups in total. The molecule has 1 aliphatic heterocycles. The number of aromatic nitrogens is 3. The van der Waals surface area contributed by atoms with Gasteiger partial charge in [0.05, 0.1) is 6.20 Å². The standard InChI is InChI=1S/C10H16N4O/c1-2-13-4-3-9(5-13)6-14-7-10(8-15)11-12-14/h7-9H,2-6H2,1H3/t9-/m0/s1. The van der Waals surface area contributed by atoms with Crippen molar-refractivity contribution < 1.29 is 4.79 Å². The summed E-state index contributed by atoms with van der Waals surface area (Å²) in [7, 11) is 0. The number of carbonyl (C=O) groups is 1. The van der Waals surface area contributed by atoms with Gasteiger partial charge >= 0.3 is 0 Å². The average Bonchev–Trinajstić information content (AvgIpc) is 2.87. The first-order valence-electron chi connectivity index (χ1n) is 5.39. The molecule has 2 rings (SSSR count). The normalized spacial score (nSPS) is 22.1. The van der Waals surface area contributed by atoms with E-state index in [-0.39, 0.29) is 0 Å². The lowest BCUT2D eigenvalue weighted by Crippen LogP contribution is -2.21. The number of carbonyl (C=O) groups excluding carboxylic acids is 1. The first kappa shape index (κ1) is 10.3. The Morgan fingerprint density at radius 2 is 2.53 bits per heavy atom. The summed E-state index contributed by atoms with van der Waals surface area (Å²) in [4.78, 5) is 12.9. The summed E-state index contributed by atoms with van der Waals surface area (Å²) in [6, 6.07) is 0. The fourth-order valence-electron chi connectivity index (χ4n) is 2.07. The van der Waals surface area contributed by atoms with Crippen LogP contribution in [-0.4, -0.2) is 45.8 Å². The number of hydrogen-bond donors (Lipinski definition) is 0. The van der Waals surface area contributed by atoms with Crippen LogP contribution in [0.2, 0.25) is 0 Å². The number of rotatable bonds is 4. The Kier molecular flexibility index (Phi) is 3.11. The largest absolute Gasteiger partial charge is 0.303 e. The lowest BCUT2D eigenvalue weighted by Gasteiger charge is -2.12. The summed E-state index contributed by atoms with van der Waals surface area (Å²) < 4.78 is 1.77. The van der Waals surface area contributed by atoms with Crippen molar-refractivity contribution in [3.63, 3.8) is 0 Å². The first-order chi connectivity index (χ1) is 7.31. The molecule has 5 heteroatoms. The van der Waals surface area contributed by atoms with Crippen LogP contribution in [0.5, 0.6) is 0 Å². The van der Waals surface area contributed by atoms with E-state index in [1.54, 1.807) is 10.9 Å². The van der Waals surface area contributed by atoms with Crippen LogP contribution < -0.4 is 0 Å². The van der Waals surface area contributed by atoms with Gasteiger partial charge in [-0.05, 0) is 25.4 Å². The van der Waals surface area contributed by atoms with Crippen molar-refractivity contribution in [1.29, 1.82) is 0 Å². The topological polar surface area (TPSA) is 51.0 Å². The van der Waals surface area contributed by atoms with Gasteiger partial charge in [-0.2, -0.15) is 0 Å². The molecule has 1 aromatic heterocycles. The summed E-state index contributed by atoms with van der Waals surface area (Å²) in [5.74, 6) is 0.645. The molecular formula is C10H16N4O. The molecule has 1 aliphatic rings. The van der Waals surface area contributed by atoms with Crippen molar-refractivity contribution in [2.75, 3.05) is 19.6 Å². The van der Waals surface area contributed by atoms with Gasteiger partial charge in [0.2, 0.25) is 0 Å². The molecule has 15 heavy (non-hydrogen) atoms. The molecule has 0 aromatic carbocycles. The molecule has 0 spiro atoms. The van der Waals surface area contributed by atoms with Crippen molar-refractivity contribution in [3.05, 3.63) is 11.9 Å². The number of aldehydes is 1. The third-order valence-corrected chi connectivity index (χ3v) is 2.94. The first-order valence-corrected chi connectivity index (χ1v) is 5.39. The molecule has 1 atom stereocenters. The van der Waals surface area contributed by atoms with Crippen LogP contribution in [0.25, 0.3) is 0 Å². The van der Waals surface area contributed by atoms with Gasteiger partial charge in [-0.3, -0.25) is 9.48 Å². The van der Waals surface area contributed by atoms with Crippen molar-refractivity contribution >= 4 is 6.29 Å². The van der Waals surface area contributed by atoms with Gasteiger partial charge in [0, 0.05) is 13.1 Å². The van der Waals surface area contributed by atoms with Gasteiger partial charge in [0.1, 0.15) is 5.69 Å². The predicted octanol–water partition coefficient (Wildman–Crippen LogP) is 0.432. The van der Waals surface area contributed by atoms with E-state index in [4.69, 9.17) is 0 Å². The third-order valence-electron chi connectivity index (χ3n) is 2.94. The summed E-state index contributed by atoms with van der Waals surface area (Å²) >= 11 is 0. The van der Waals surface area contributed by atoms with E-state index in [9.17, 15) is 4.79 Å². The van der Waals surface area contributed by atoms with E-state index in [0.29, 0.717) is 11.6 Å². The van der Waals surface area contributed by atoms with Crippen molar-refractivity contribution in [2.24, 2.45) is 5.92 Å². The van der Waals surface area contributed by atoms with Gasteiger partial charge < -0.3 is 4.90 Å². The minimum atomic E-state index is 0.417. The maximum absolute atomic E-state index is 10.4. The van der Waals surface area contributed by atoms with E-state index in [1.807, 2.05) is 0 Å². The number of nitrogens with zero attached hydrogens (tertiary/aromatic N) is 4. The minimum absolute atomic E-state index is 0.417. The Hall–Kier alpha value is -1.23. The highest BCUT2D eigenvalue weighted by atomic mass is 16.1. The number of hydrogen-bond acceptors (Lipinski definition) is 4. The predicted molar refractivity (Wildman–Crippen MR) is 55.6 cm³/mol. The molecule has 1 saturated heterocycles. The maximum Gasteiger partial charge on any atom is 0.171 e. The SMILES string of the molecule is CCN1CC[C@H](Cn2cc(C=O)nn2)C1. The Morgan fingerprint density at radius 3 is 3.13 bits per heavy atom. The highest BCUT2D eigenvalue weighted by Crippen LogP contribution is 2.17. The fourth-order valence-corrected chi connectivity index (χ4v) is 2.07. The van der Waals surface area contributed by atoms with Crippen LogP contribution in [0.4, 0.5) is 0 Å². The summed E-state index contributed by atoms with van der Waals surface area (Å²) in [6.07, 6.45) is 3.65. The Labute approximate surface area is 89.1 Å². The van der Waals surface area contributed by atoms with Crippen LogP contribution in [0.1, 0.15) is 23.8 Å². The molecule has 5 nitrogen and oxygen atoms in total. The lowest BCUT2D eigenvalue weighted by atomic mass is 10.1. The van der Waals surface area contributed by atoms with Crippen LogP contribution >= 0.6 is 0 Å². The molecule has 82 valence electrons. The smallest absolute Gasteiger partial charge is 0.171 e. The highest BCUT2D eigenvalue weighted by Gasteiger charge is 2.21. The fraction of sp³-hybridized carbons (Fsp3) is 0.700. The van der Waals surface area contributed by atoms with Gasteiger partial charge in [0.15, 0.2) is 6.29 Å². The monoisotopic (exact) mass is 208 g/mol. The van der Waals surface area contributed by atoms with E-state index >= 15 is 0 Å². The summed E-state index contributed by atoms with van der Waals surface area (Å²) in [6.45, 7) is 6.48. The molecule has 0 aliphatic carbocycles. The minimum Gasteiger partial charge on any atom is -0.303 e. The van der Waals surface area contributed by atoms with Crippen molar-refractivity contribution in [1.82, 2.24) is 19.9 Å². The summed E-state index contributed by atoms with van der Waals surface area (Å²) in [5.41, 5.74) is 0.417. The Bertz CT molecular complexity index is 336.